The lowest BCUT2D eigenvalue weighted by Crippen LogP contribution is -1.79. The van der Waals surface area contributed by atoms with Gasteiger partial charge in [-0.15, -0.1) is 0 Å². The molecule has 0 atom stereocenters. The zero-order chi connectivity index (χ0) is 15.1. The minimum atomic E-state index is 1.05. The van der Waals surface area contributed by atoms with Crippen LogP contribution in [0.3, 0.4) is 0 Å². The van der Waals surface area contributed by atoms with E-state index >= 15 is 0 Å². The van der Waals surface area contributed by atoms with Gasteiger partial charge in [-0.3, -0.25) is 4.99 Å². The zero-order valence-corrected chi connectivity index (χ0v) is 12.9. The largest absolute Gasteiger partial charge is 0.361 e. The number of rotatable bonds is 2. The number of hydrogen-bond acceptors (Lipinski definition) is 1. The lowest BCUT2D eigenvalue weighted by molar-refractivity contribution is 1.13. The number of fused-ring (bicyclic) bond motifs is 1. The predicted molar refractivity (Wildman–Crippen MR) is 92.7 cm³/mol. The molecule has 2 nitrogen and oxygen atoms in total. The van der Waals surface area contributed by atoms with Crippen LogP contribution < -0.4 is 0 Å². The van der Waals surface area contributed by atoms with E-state index in [1.165, 1.54) is 22.0 Å². The lowest BCUT2D eigenvalue weighted by Gasteiger charge is -1.99. The van der Waals surface area contributed by atoms with Crippen molar-refractivity contribution in [3.05, 3.63) is 65.9 Å². The van der Waals surface area contributed by atoms with Gasteiger partial charge in [0.2, 0.25) is 0 Å². The van der Waals surface area contributed by atoms with Crippen molar-refractivity contribution in [1.82, 2.24) is 4.98 Å². The van der Waals surface area contributed by atoms with Crippen LogP contribution in [0.4, 0.5) is 5.69 Å². The highest BCUT2D eigenvalue weighted by molar-refractivity contribution is 5.82. The van der Waals surface area contributed by atoms with E-state index in [0.29, 0.717) is 0 Å². The first-order valence-corrected chi connectivity index (χ1v) is 7.35. The van der Waals surface area contributed by atoms with Gasteiger partial charge in [-0.2, -0.15) is 0 Å². The Hall–Kier alpha value is -2.35. The molecule has 3 rings (SSSR count). The first kappa shape index (κ1) is 15.0. The minimum Gasteiger partial charge on any atom is -0.361 e. The second-order valence-corrected chi connectivity index (χ2v) is 4.89. The molecule has 3 aromatic rings. The number of para-hydroxylation sites is 2. The number of aryl methyl sites for hydroxylation is 2. The third kappa shape index (κ3) is 3.82. The molecule has 0 radical (unpaired) electrons. The maximum absolute atomic E-state index is 4.25. The maximum atomic E-state index is 4.25. The summed E-state index contributed by atoms with van der Waals surface area (Å²) in [4.78, 5) is 7.44. The Labute approximate surface area is 126 Å². The summed E-state index contributed by atoms with van der Waals surface area (Å²) in [7, 11) is 0. The Morgan fingerprint density at radius 3 is 2.48 bits per heavy atom. The number of benzene rings is 2. The van der Waals surface area contributed by atoms with Crippen LogP contribution in [0.2, 0.25) is 0 Å². The molecule has 0 aliphatic rings. The third-order valence-electron chi connectivity index (χ3n) is 3.44. The van der Waals surface area contributed by atoms with Crippen LogP contribution in [-0.2, 0) is 6.42 Å². The van der Waals surface area contributed by atoms with Gasteiger partial charge in [0.25, 0.3) is 0 Å². The fourth-order valence-electron chi connectivity index (χ4n) is 2.29. The molecular formula is C19H22N2. The summed E-state index contributed by atoms with van der Waals surface area (Å²) in [5.74, 6) is 0. The Balaban J connectivity index is 0.000000154. The number of aliphatic imine (C=N–C) groups is 1. The number of nitrogens with one attached hydrogen (secondary N) is 1. The first-order chi connectivity index (χ1) is 10.3. The minimum absolute atomic E-state index is 1.05. The van der Waals surface area contributed by atoms with Gasteiger partial charge in [-0.1, -0.05) is 43.3 Å². The molecule has 0 unspecified atom stereocenters. The molecule has 2 aromatic carbocycles. The summed E-state index contributed by atoms with van der Waals surface area (Å²) in [6, 6.07) is 16.5. The third-order valence-corrected chi connectivity index (χ3v) is 3.44. The molecule has 0 fully saturated rings. The van der Waals surface area contributed by atoms with E-state index in [9.17, 15) is 0 Å². The van der Waals surface area contributed by atoms with Crippen LogP contribution in [0.1, 0.15) is 25.0 Å². The van der Waals surface area contributed by atoms with E-state index in [1.807, 2.05) is 43.6 Å². The molecule has 0 aliphatic heterocycles. The lowest BCUT2D eigenvalue weighted by atomic mass is 10.1. The zero-order valence-electron chi connectivity index (χ0n) is 12.9. The molecule has 21 heavy (non-hydrogen) atoms. The number of hydrogen-bond donors (Lipinski definition) is 1. The van der Waals surface area contributed by atoms with Gasteiger partial charge < -0.3 is 4.98 Å². The summed E-state index contributed by atoms with van der Waals surface area (Å²) < 4.78 is 0. The summed E-state index contributed by atoms with van der Waals surface area (Å²) >= 11 is 0. The van der Waals surface area contributed by atoms with Crippen LogP contribution in [0.15, 0.2) is 59.7 Å². The predicted octanol–water partition coefficient (Wildman–Crippen LogP) is 5.45. The van der Waals surface area contributed by atoms with Crippen molar-refractivity contribution in [2.75, 3.05) is 0 Å². The highest BCUT2D eigenvalue weighted by Crippen LogP contribution is 2.18. The summed E-state index contributed by atoms with van der Waals surface area (Å²) in [6.07, 6.45) is 4.91. The molecule has 0 saturated carbocycles. The maximum Gasteiger partial charge on any atom is 0.0657 e. The van der Waals surface area contributed by atoms with Gasteiger partial charge in [0.1, 0.15) is 0 Å². The molecule has 1 N–H and O–H groups in total. The fraction of sp³-hybridized carbons (Fsp3) is 0.211. The van der Waals surface area contributed by atoms with Crippen LogP contribution in [0.25, 0.3) is 10.9 Å². The van der Waals surface area contributed by atoms with Gasteiger partial charge in [0.05, 0.1) is 5.69 Å². The van der Waals surface area contributed by atoms with Crippen molar-refractivity contribution in [1.29, 1.82) is 0 Å². The molecule has 1 aromatic heterocycles. The van der Waals surface area contributed by atoms with Crippen molar-refractivity contribution in [3.8, 4) is 0 Å². The highest BCUT2D eigenvalue weighted by Gasteiger charge is 1.95. The normalized spacial score (nSPS) is 10.6. The molecule has 0 aliphatic carbocycles. The van der Waals surface area contributed by atoms with E-state index in [4.69, 9.17) is 0 Å². The number of nitrogens with zero attached hydrogens (tertiary/aromatic N) is 1. The van der Waals surface area contributed by atoms with E-state index < -0.39 is 0 Å². The Kier molecular flexibility index (Phi) is 5.33. The van der Waals surface area contributed by atoms with Gasteiger partial charge in [-0.05, 0) is 43.5 Å². The van der Waals surface area contributed by atoms with Gasteiger partial charge in [0.15, 0.2) is 0 Å². The smallest absolute Gasteiger partial charge is 0.0657 e. The molecular weight excluding hydrogens is 256 g/mol. The fourth-order valence-corrected chi connectivity index (χ4v) is 2.29. The number of aromatic amines is 1. The molecule has 0 spiro atoms. The van der Waals surface area contributed by atoms with E-state index in [1.54, 1.807) is 0 Å². The topological polar surface area (TPSA) is 28.1 Å². The van der Waals surface area contributed by atoms with Gasteiger partial charge >= 0.3 is 0 Å². The van der Waals surface area contributed by atoms with Crippen LogP contribution in [0.5, 0.6) is 0 Å². The van der Waals surface area contributed by atoms with Crippen molar-refractivity contribution in [2.24, 2.45) is 4.99 Å². The molecule has 0 amide bonds. The molecule has 1 heterocycles. The van der Waals surface area contributed by atoms with E-state index in [2.05, 4.69) is 48.1 Å². The average molecular weight is 278 g/mol. The Bertz CT molecular complexity index is 723. The SMILES string of the molecule is CC=Nc1ccccc1CC.Cc1c[nH]c2ccccc12. The first-order valence-electron chi connectivity index (χ1n) is 7.35. The second-order valence-electron chi connectivity index (χ2n) is 4.89. The van der Waals surface area contributed by atoms with Crippen molar-refractivity contribution in [3.63, 3.8) is 0 Å². The second kappa shape index (κ2) is 7.44. The number of H-pyrrole nitrogens is 1. The highest BCUT2D eigenvalue weighted by atomic mass is 14.7. The summed E-state index contributed by atoms with van der Waals surface area (Å²) in [5.41, 5.74) is 4.94. The average Bonchev–Trinajstić information content (AvgIpc) is 2.91. The Morgan fingerprint density at radius 2 is 1.76 bits per heavy atom. The van der Waals surface area contributed by atoms with Crippen LogP contribution in [0, 0.1) is 6.92 Å². The quantitative estimate of drug-likeness (QED) is 0.604. The summed E-state index contributed by atoms with van der Waals surface area (Å²) in [5, 5.41) is 1.32. The molecule has 0 saturated heterocycles. The summed E-state index contributed by atoms with van der Waals surface area (Å²) in [6.45, 7) is 6.19. The van der Waals surface area contributed by atoms with Crippen LogP contribution in [-0.4, -0.2) is 11.2 Å². The van der Waals surface area contributed by atoms with E-state index in [0.717, 1.165) is 12.1 Å². The van der Waals surface area contributed by atoms with E-state index in [-0.39, 0.29) is 0 Å². The van der Waals surface area contributed by atoms with Gasteiger partial charge in [0, 0.05) is 23.3 Å². The molecule has 2 heteroatoms. The molecule has 108 valence electrons. The Morgan fingerprint density at radius 1 is 1.05 bits per heavy atom. The monoisotopic (exact) mass is 278 g/mol. The standard InChI is InChI=1S/C10H13N.C9H9N/c1-3-9-7-5-6-8-10(9)11-4-2;1-7-6-10-9-5-3-2-4-8(7)9/h4-8H,3H2,1-2H3;2-6,10H,1H3. The van der Waals surface area contributed by atoms with Crippen molar-refractivity contribution in [2.45, 2.75) is 27.2 Å². The number of aromatic nitrogens is 1. The van der Waals surface area contributed by atoms with Crippen molar-refractivity contribution >= 4 is 22.8 Å². The van der Waals surface area contributed by atoms with Crippen LogP contribution >= 0.6 is 0 Å². The van der Waals surface area contributed by atoms with Gasteiger partial charge in [-0.25, -0.2) is 0 Å². The van der Waals surface area contributed by atoms with Crippen molar-refractivity contribution < 1.29 is 0 Å². The molecule has 0 bridgehead atoms.